The number of nitrogens with zero attached hydrogens (tertiary/aromatic N) is 5. The number of hydrogen-bond acceptors (Lipinski definition) is 5. The molecule has 7 nitrogen and oxygen atoms in total. The second-order valence-corrected chi connectivity index (χ2v) is 4.87. The van der Waals surface area contributed by atoms with Gasteiger partial charge in [0.15, 0.2) is 5.82 Å². The van der Waals surface area contributed by atoms with E-state index in [0.29, 0.717) is 6.04 Å². The fourth-order valence-electron chi connectivity index (χ4n) is 2.48. The number of H-pyrrole nitrogens is 1. The smallest absolute Gasteiger partial charge is 0.245 e. The van der Waals surface area contributed by atoms with Crippen molar-refractivity contribution in [1.29, 1.82) is 0 Å². The Morgan fingerprint density at radius 2 is 2.16 bits per heavy atom. The van der Waals surface area contributed by atoms with Crippen LogP contribution in [0.3, 0.4) is 0 Å². The lowest BCUT2D eigenvalue weighted by Gasteiger charge is -2.30. The summed E-state index contributed by atoms with van der Waals surface area (Å²) in [5.74, 6) is 1.55. The van der Waals surface area contributed by atoms with Crippen molar-refractivity contribution in [2.45, 2.75) is 18.9 Å². The molecule has 3 heterocycles. The molecule has 0 radical (unpaired) electrons. The van der Waals surface area contributed by atoms with Gasteiger partial charge in [0.25, 0.3) is 0 Å². The van der Waals surface area contributed by atoms with E-state index in [0.717, 1.165) is 43.4 Å². The summed E-state index contributed by atoms with van der Waals surface area (Å²) >= 11 is 0. The topological polar surface area (TPSA) is 74.7 Å². The van der Waals surface area contributed by atoms with Gasteiger partial charge in [0.05, 0.1) is 0 Å². The molecule has 0 aliphatic carbocycles. The summed E-state index contributed by atoms with van der Waals surface area (Å²) in [6.45, 7) is 1.99. The van der Waals surface area contributed by atoms with Gasteiger partial charge in [-0.1, -0.05) is 0 Å². The van der Waals surface area contributed by atoms with E-state index in [1.54, 1.807) is 10.9 Å². The average Bonchev–Trinajstić information content (AvgIpc) is 3.07. The molecule has 0 aromatic carbocycles. The lowest BCUT2D eigenvalue weighted by molar-refractivity contribution is 0.439. The molecule has 2 aromatic rings. The zero-order valence-electron chi connectivity index (χ0n) is 11.3. The van der Waals surface area contributed by atoms with Crippen molar-refractivity contribution >= 4 is 5.95 Å². The second kappa shape index (κ2) is 5.00. The third-order valence-corrected chi connectivity index (χ3v) is 3.72. The van der Waals surface area contributed by atoms with Crippen LogP contribution in [-0.2, 0) is 7.05 Å². The van der Waals surface area contributed by atoms with Crippen LogP contribution < -0.4 is 10.2 Å². The van der Waals surface area contributed by atoms with Crippen molar-refractivity contribution in [3.63, 3.8) is 0 Å². The van der Waals surface area contributed by atoms with E-state index in [-0.39, 0.29) is 0 Å². The van der Waals surface area contributed by atoms with Crippen LogP contribution in [0.15, 0.2) is 12.3 Å². The maximum atomic E-state index is 4.57. The van der Waals surface area contributed by atoms with Crippen LogP contribution in [0.4, 0.5) is 5.95 Å². The largest absolute Gasteiger partial charge is 0.339 e. The molecule has 7 heteroatoms. The van der Waals surface area contributed by atoms with Gasteiger partial charge in [-0.2, -0.15) is 10.1 Å². The molecule has 0 amide bonds. The quantitative estimate of drug-likeness (QED) is 0.836. The molecule has 0 saturated carbocycles. The number of nitrogens with one attached hydrogen (secondary N) is 2. The van der Waals surface area contributed by atoms with E-state index in [1.165, 1.54) is 0 Å². The summed E-state index contributed by atoms with van der Waals surface area (Å²) in [4.78, 5) is 6.79. The summed E-state index contributed by atoms with van der Waals surface area (Å²) in [5.41, 5.74) is 0.948. The fraction of sp³-hybridized carbons (Fsp3) is 0.583. The first-order valence-corrected chi connectivity index (χ1v) is 6.61. The van der Waals surface area contributed by atoms with Crippen molar-refractivity contribution in [2.24, 2.45) is 7.05 Å². The molecule has 0 atom stereocenters. The van der Waals surface area contributed by atoms with Crippen LogP contribution in [0, 0.1) is 0 Å². The molecule has 102 valence electrons. The first-order chi connectivity index (χ1) is 9.28. The lowest BCUT2D eigenvalue weighted by atomic mass is 10.1. The highest BCUT2D eigenvalue weighted by Gasteiger charge is 2.21. The monoisotopic (exact) mass is 261 g/mol. The Hall–Kier alpha value is -1.89. The number of aromatic nitrogens is 5. The molecule has 2 aromatic heterocycles. The van der Waals surface area contributed by atoms with Crippen molar-refractivity contribution < 1.29 is 0 Å². The molecular formula is C12H19N7. The van der Waals surface area contributed by atoms with Gasteiger partial charge in [0.2, 0.25) is 5.95 Å². The predicted molar refractivity (Wildman–Crippen MR) is 72.9 cm³/mol. The molecule has 0 unspecified atom stereocenters. The Balaban J connectivity index is 1.74. The Morgan fingerprint density at radius 1 is 1.37 bits per heavy atom. The number of aromatic amines is 1. The molecule has 1 saturated heterocycles. The molecule has 1 aliphatic heterocycles. The zero-order chi connectivity index (χ0) is 13.2. The van der Waals surface area contributed by atoms with Crippen LogP contribution in [0.25, 0.3) is 11.5 Å². The first kappa shape index (κ1) is 12.2. The number of hydrogen-bond donors (Lipinski definition) is 2. The van der Waals surface area contributed by atoms with Gasteiger partial charge in [0, 0.05) is 32.4 Å². The highest BCUT2D eigenvalue weighted by Crippen LogP contribution is 2.19. The van der Waals surface area contributed by atoms with E-state index >= 15 is 0 Å². The minimum atomic E-state index is 0.617. The fourth-order valence-corrected chi connectivity index (χ4v) is 2.48. The number of aryl methyl sites for hydroxylation is 1. The van der Waals surface area contributed by atoms with Gasteiger partial charge >= 0.3 is 0 Å². The number of piperidine rings is 1. The maximum absolute atomic E-state index is 4.57. The maximum Gasteiger partial charge on any atom is 0.245 e. The highest BCUT2D eigenvalue weighted by atomic mass is 15.4. The summed E-state index contributed by atoms with van der Waals surface area (Å²) in [7, 11) is 3.92. The van der Waals surface area contributed by atoms with Crippen LogP contribution in [0.2, 0.25) is 0 Å². The third-order valence-electron chi connectivity index (χ3n) is 3.72. The lowest BCUT2D eigenvalue weighted by Crippen LogP contribution is -2.41. The van der Waals surface area contributed by atoms with E-state index in [4.69, 9.17) is 0 Å². The molecular weight excluding hydrogens is 242 g/mol. The molecule has 19 heavy (non-hydrogen) atoms. The summed E-state index contributed by atoms with van der Waals surface area (Å²) in [6.07, 6.45) is 4.02. The molecule has 2 N–H and O–H groups in total. The molecule has 1 aliphatic rings. The summed E-state index contributed by atoms with van der Waals surface area (Å²) in [6, 6.07) is 2.55. The molecule has 3 rings (SSSR count). The van der Waals surface area contributed by atoms with Gasteiger partial charge in [-0.25, -0.2) is 0 Å². The van der Waals surface area contributed by atoms with Gasteiger partial charge in [-0.15, -0.1) is 5.10 Å². The molecule has 1 fully saturated rings. The average molecular weight is 261 g/mol. The van der Waals surface area contributed by atoms with Gasteiger partial charge in [-0.3, -0.25) is 9.78 Å². The van der Waals surface area contributed by atoms with Crippen molar-refractivity contribution in [3.05, 3.63) is 12.3 Å². The van der Waals surface area contributed by atoms with Crippen LogP contribution in [0.1, 0.15) is 12.8 Å². The summed E-state index contributed by atoms with van der Waals surface area (Å²) < 4.78 is 1.79. The van der Waals surface area contributed by atoms with Gasteiger partial charge < -0.3 is 10.2 Å². The SMILES string of the molecule is CNC1CCN(c2n[nH]c(-c3ccnn3C)n2)CC1. The number of rotatable bonds is 3. The second-order valence-electron chi connectivity index (χ2n) is 4.87. The molecule has 0 spiro atoms. The van der Waals surface area contributed by atoms with Gasteiger partial charge in [0.1, 0.15) is 5.69 Å². The Labute approximate surface area is 112 Å². The van der Waals surface area contributed by atoms with Crippen LogP contribution in [0.5, 0.6) is 0 Å². The van der Waals surface area contributed by atoms with Crippen molar-refractivity contribution in [3.8, 4) is 11.5 Å². The molecule has 0 bridgehead atoms. The van der Waals surface area contributed by atoms with Crippen molar-refractivity contribution in [2.75, 3.05) is 25.0 Å². The third kappa shape index (κ3) is 2.33. The van der Waals surface area contributed by atoms with E-state index in [2.05, 4.69) is 30.5 Å². The Kier molecular flexibility index (Phi) is 3.20. The minimum Gasteiger partial charge on any atom is -0.339 e. The first-order valence-electron chi connectivity index (χ1n) is 6.61. The van der Waals surface area contributed by atoms with Crippen molar-refractivity contribution in [1.82, 2.24) is 30.3 Å². The normalized spacial score (nSPS) is 17.1. The Bertz CT molecular complexity index is 536. The minimum absolute atomic E-state index is 0.617. The van der Waals surface area contributed by atoms with Gasteiger partial charge in [-0.05, 0) is 26.0 Å². The van der Waals surface area contributed by atoms with E-state index in [9.17, 15) is 0 Å². The predicted octanol–water partition coefficient (Wildman–Crippen LogP) is 0.393. The highest BCUT2D eigenvalue weighted by molar-refractivity contribution is 5.51. The van der Waals surface area contributed by atoms with Crippen LogP contribution in [-0.4, -0.2) is 51.1 Å². The Morgan fingerprint density at radius 3 is 2.79 bits per heavy atom. The summed E-state index contributed by atoms with van der Waals surface area (Å²) in [5, 5.41) is 14.8. The zero-order valence-corrected chi connectivity index (χ0v) is 11.3. The number of anilines is 1. The van der Waals surface area contributed by atoms with E-state index < -0.39 is 0 Å². The van der Waals surface area contributed by atoms with Crippen LogP contribution >= 0.6 is 0 Å². The van der Waals surface area contributed by atoms with E-state index in [1.807, 2.05) is 20.2 Å². The standard InChI is InChI=1S/C12H19N7/c1-13-9-4-7-19(8-5-9)12-15-11(16-17-12)10-3-6-14-18(10)2/h3,6,9,13H,4-5,7-8H2,1-2H3,(H,15,16,17).